The van der Waals surface area contributed by atoms with Crippen LogP contribution in [0, 0.1) is 11.2 Å². The molecule has 2 aromatic heterocycles. The van der Waals surface area contributed by atoms with Crippen molar-refractivity contribution in [1.29, 1.82) is 0 Å². The van der Waals surface area contributed by atoms with Crippen LogP contribution in [-0.2, 0) is 11.3 Å². The molecule has 0 unspecified atom stereocenters. The fourth-order valence-electron chi connectivity index (χ4n) is 4.71. The average Bonchev–Trinajstić information content (AvgIpc) is 3.67. The molecule has 2 aliphatic rings. The first-order chi connectivity index (χ1) is 18.0. The van der Waals surface area contributed by atoms with Gasteiger partial charge in [-0.15, -0.1) is 0 Å². The highest BCUT2D eigenvalue weighted by Gasteiger charge is 2.63. The Morgan fingerprint density at radius 2 is 1.87 bits per heavy atom. The number of aromatic hydroxyl groups is 1. The van der Waals surface area contributed by atoms with Gasteiger partial charge in [0, 0.05) is 32.7 Å². The number of phenolic OH excluding ortho intramolecular Hbond substituents is 1. The summed E-state index contributed by atoms with van der Waals surface area (Å²) in [6, 6.07) is 4.93. The molecule has 5 rings (SSSR count). The molecule has 3 aromatic rings. The van der Waals surface area contributed by atoms with Gasteiger partial charge in [0.1, 0.15) is 23.0 Å². The molecule has 0 bridgehead atoms. The van der Waals surface area contributed by atoms with Crippen LogP contribution in [0.5, 0.6) is 5.75 Å². The lowest BCUT2D eigenvalue weighted by Crippen LogP contribution is -2.49. The van der Waals surface area contributed by atoms with Crippen molar-refractivity contribution in [3.05, 3.63) is 58.2 Å². The SMILES string of the molecule is C=CC(=O)N1CCN(c2nc(=O)n(CC3(C(F)(F)F)CC3)c3nc(-c4c(O)cccc4F)c(Cl)cc23)CC1. The van der Waals surface area contributed by atoms with E-state index in [-0.39, 0.29) is 65.0 Å². The number of carbonyl (C=O) groups excluding carboxylic acids is 1. The highest BCUT2D eigenvalue weighted by molar-refractivity contribution is 6.34. The Balaban J connectivity index is 1.69. The average molecular weight is 552 g/mol. The van der Waals surface area contributed by atoms with Crippen LogP contribution in [0.25, 0.3) is 22.3 Å². The molecule has 0 atom stereocenters. The molecule has 2 fully saturated rings. The molecule has 1 aliphatic heterocycles. The number of benzene rings is 1. The number of carbonyl (C=O) groups is 1. The van der Waals surface area contributed by atoms with Crippen molar-refractivity contribution in [2.24, 2.45) is 5.41 Å². The lowest BCUT2D eigenvalue weighted by atomic mass is 10.1. The number of rotatable bonds is 5. The first-order valence-electron chi connectivity index (χ1n) is 11.8. The van der Waals surface area contributed by atoms with Crippen molar-refractivity contribution < 1.29 is 27.5 Å². The maximum atomic E-state index is 14.7. The minimum Gasteiger partial charge on any atom is -0.507 e. The van der Waals surface area contributed by atoms with E-state index in [0.717, 1.165) is 10.6 Å². The van der Waals surface area contributed by atoms with E-state index in [1.165, 1.54) is 24.3 Å². The Morgan fingerprint density at radius 1 is 1.18 bits per heavy atom. The monoisotopic (exact) mass is 551 g/mol. The zero-order valence-electron chi connectivity index (χ0n) is 19.9. The normalized spacial score (nSPS) is 17.1. The smallest absolute Gasteiger partial charge is 0.396 e. The van der Waals surface area contributed by atoms with Crippen molar-refractivity contribution in [2.45, 2.75) is 25.6 Å². The summed E-state index contributed by atoms with van der Waals surface area (Å²) in [6.45, 7) is 3.93. The summed E-state index contributed by atoms with van der Waals surface area (Å²) in [5.74, 6) is -1.43. The molecule has 1 aromatic carbocycles. The minimum atomic E-state index is -4.55. The van der Waals surface area contributed by atoms with E-state index < -0.39 is 35.4 Å². The molecule has 1 N–H and O–H groups in total. The summed E-state index contributed by atoms with van der Waals surface area (Å²) in [5, 5.41) is 10.4. The Hall–Kier alpha value is -3.67. The van der Waals surface area contributed by atoms with Gasteiger partial charge in [0.25, 0.3) is 0 Å². The highest BCUT2D eigenvalue weighted by atomic mass is 35.5. The molecule has 3 heterocycles. The number of aromatic nitrogens is 3. The van der Waals surface area contributed by atoms with Crippen LogP contribution >= 0.6 is 11.6 Å². The Bertz CT molecular complexity index is 1490. The third-order valence-electron chi connectivity index (χ3n) is 7.09. The molecule has 1 saturated heterocycles. The van der Waals surface area contributed by atoms with Crippen molar-refractivity contribution in [1.82, 2.24) is 19.4 Å². The number of alkyl halides is 3. The molecule has 38 heavy (non-hydrogen) atoms. The van der Waals surface area contributed by atoms with Gasteiger partial charge in [-0.2, -0.15) is 18.2 Å². The number of phenols is 1. The summed E-state index contributed by atoms with van der Waals surface area (Å²) in [6.07, 6.45) is -3.66. The largest absolute Gasteiger partial charge is 0.507 e. The van der Waals surface area contributed by atoms with Crippen LogP contribution in [-0.4, -0.2) is 62.8 Å². The summed E-state index contributed by atoms with van der Waals surface area (Å²) in [5.41, 5.74) is -3.78. The lowest BCUT2D eigenvalue weighted by molar-refractivity contribution is -0.190. The Morgan fingerprint density at radius 3 is 2.45 bits per heavy atom. The topological polar surface area (TPSA) is 91.6 Å². The highest BCUT2D eigenvalue weighted by Crippen LogP contribution is 2.58. The lowest BCUT2D eigenvalue weighted by Gasteiger charge is -2.35. The van der Waals surface area contributed by atoms with Gasteiger partial charge in [-0.1, -0.05) is 24.2 Å². The standard InChI is InChI=1S/C25H22ClF4N5O3/c1-2-18(37)33-8-10-34(11-9-33)21-14-12-15(26)20(19-16(27)4-3-5-17(19)36)31-22(14)35(23(38)32-21)13-24(6-7-24)25(28,29)30/h2-5,12,36H,1,6-11,13H2. The maximum absolute atomic E-state index is 14.7. The molecular formula is C25H22ClF4N5O3. The van der Waals surface area contributed by atoms with Gasteiger partial charge in [0.2, 0.25) is 5.91 Å². The zero-order chi connectivity index (χ0) is 27.4. The molecule has 13 heteroatoms. The molecule has 0 radical (unpaired) electrons. The summed E-state index contributed by atoms with van der Waals surface area (Å²) < 4.78 is 57.0. The fourth-order valence-corrected chi connectivity index (χ4v) is 4.96. The van der Waals surface area contributed by atoms with Crippen LogP contribution < -0.4 is 10.6 Å². The third-order valence-corrected chi connectivity index (χ3v) is 7.38. The van der Waals surface area contributed by atoms with Gasteiger partial charge in [0.05, 0.1) is 27.1 Å². The van der Waals surface area contributed by atoms with E-state index in [4.69, 9.17) is 11.6 Å². The predicted molar refractivity (Wildman–Crippen MR) is 133 cm³/mol. The number of hydrogen-bond acceptors (Lipinski definition) is 6. The number of halogens is 5. The molecular weight excluding hydrogens is 530 g/mol. The number of pyridine rings is 1. The summed E-state index contributed by atoms with van der Waals surface area (Å²) in [4.78, 5) is 36.9. The van der Waals surface area contributed by atoms with Crippen LogP contribution in [0.4, 0.5) is 23.4 Å². The number of piperazine rings is 1. The van der Waals surface area contributed by atoms with E-state index in [9.17, 15) is 32.3 Å². The van der Waals surface area contributed by atoms with Gasteiger partial charge in [-0.25, -0.2) is 14.2 Å². The third kappa shape index (κ3) is 4.36. The van der Waals surface area contributed by atoms with E-state index in [1.807, 2.05) is 0 Å². The van der Waals surface area contributed by atoms with Crippen molar-refractivity contribution in [3.8, 4) is 17.0 Å². The number of amides is 1. The van der Waals surface area contributed by atoms with Crippen LogP contribution in [0.15, 0.2) is 41.7 Å². The second kappa shape index (κ2) is 9.26. The van der Waals surface area contributed by atoms with E-state index in [2.05, 4.69) is 16.5 Å². The Labute approximate surface area is 218 Å². The molecule has 1 saturated carbocycles. The minimum absolute atomic E-state index is 0.0939. The van der Waals surface area contributed by atoms with Gasteiger partial charge in [-0.3, -0.25) is 9.36 Å². The molecule has 1 aliphatic carbocycles. The van der Waals surface area contributed by atoms with Crippen LogP contribution in [0.1, 0.15) is 12.8 Å². The van der Waals surface area contributed by atoms with Gasteiger partial charge in [-0.05, 0) is 37.1 Å². The first kappa shape index (κ1) is 26.0. The number of anilines is 1. The van der Waals surface area contributed by atoms with Crippen molar-refractivity contribution in [2.75, 3.05) is 31.1 Å². The van der Waals surface area contributed by atoms with Gasteiger partial charge < -0.3 is 14.9 Å². The van der Waals surface area contributed by atoms with Gasteiger partial charge >= 0.3 is 11.9 Å². The summed E-state index contributed by atoms with van der Waals surface area (Å²) in [7, 11) is 0. The van der Waals surface area contributed by atoms with E-state index >= 15 is 0 Å². The number of hydrogen-bond donors (Lipinski definition) is 1. The predicted octanol–water partition coefficient (Wildman–Crippen LogP) is 4.13. The second-order valence-corrected chi connectivity index (χ2v) is 9.83. The zero-order valence-corrected chi connectivity index (χ0v) is 20.7. The number of fused-ring (bicyclic) bond motifs is 1. The maximum Gasteiger partial charge on any atom is 0.396 e. The first-order valence-corrected chi connectivity index (χ1v) is 12.2. The molecule has 200 valence electrons. The fraction of sp³-hybridized carbons (Fsp3) is 0.360. The molecule has 8 nitrogen and oxygen atoms in total. The number of nitrogens with zero attached hydrogens (tertiary/aromatic N) is 5. The second-order valence-electron chi connectivity index (χ2n) is 9.42. The van der Waals surface area contributed by atoms with E-state index in [1.54, 1.807) is 9.80 Å². The van der Waals surface area contributed by atoms with Crippen LogP contribution in [0.2, 0.25) is 5.02 Å². The van der Waals surface area contributed by atoms with E-state index in [0.29, 0.717) is 13.1 Å². The van der Waals surface area contributed by atoms with Crippen molar-refractivity contribution in [3.63, 3.8) is 0 Å². The van der Waals surface area contributed by atoms with Gasteiger partial charge in [0.15, 0.2) is 0 Å². The molecule has 0 spiro atoms. The summed E-state index contributed by atoms with van der Waals surface area (Å²) >= 11 is 6.47. The molecule has 1 amide bonds. The van der Waals surface area contributed by atoms with Crippen molar-refractivity contribution >= 4 is 34.4 Å². The quantitative estimate of drug-likeness (QED) is 0.379. The Kier molecular flexibility index (Phi) is 6.33. The van der Waals surface area contributed by atoms with Crippen LogP contribution in [0.3, 0.4) is 0 Å².